The maximum Gasteiger partial charge on any atom is 0.416 e. The van der Waals surface area contributed by atoms with E-state index in [2.05, 4.69) is 0 Å². The average molecular weight is 449 g/mol. The SMILES string of the molecule is CS(=O)(=O)N1CCN(C(=O)Cc2ccc(C(F)(F)F)cc2)[C@H](CN2CC[C@H](O)C2)C1. The highest BCUT2D eigenvalue weighted by Gasteiger charge is 2.36. The maximum atomic E-state index is 12.9. The molecule has 0 saturated carbocycles. The number of hydrogen-bond donors (Lipinski definition) is 1. The van der Waals surface area contributed by atoms with Crippen molar-refractivity contribution >= 4 is 15.9 Å². The third-order valence-electron chi connectivity index (χ3n) is 5.59. The Labute approximate surface area is 174 Å². The number of carbonyl (C=O) groups excluding carboxylic acids is 1. The zero-order chi connectivity index (χ0) is 22.1. The van der Waals surface area contributed by atoms with Crippen molar-refractivity contribution in [3.8, 4) is 0 Å². The van der Waals surface area contributed by atoms with Gasteiger partial charge in [-0.25, -0.2) is 8.42 Å². The van der Waals surface area contributed by atoms with Crippen LogP contribution in [-0.2, 0) is 27.4 Å². The second kappa shape index (κ2) is 8.81. The topological polar surface area (TPSA) is 81.2 Å². The molecule has 1 N–H and O–H groups in total. The number of likely N-dealkylation sites (tertiary alicyclic amines) is 1. The highest BCUT2D eigenvalue weighted by molar-refractivity contribution is 7.88. The number of hydrogen-bond acceptors (Lipinski definition) is 5. The Bertz CT molecular complexity index is 861. The van der Waals surface area contributed by atoms with Gasteiger partial charge < -0.3 is 10.0 Å². The van der Waals surface area contributed by atoms with E-state index in [0.29, 0.717) is 31.6 Å². The summed E-state index contributed by atoms with van der Waals surface area (Å²) in [5.41, 5.74) is -0.306. The molecule has 0 bridgehead atoms. The van der Waals surface area contributed by atoms with Crippen LogP contribution >= 0.6 is 0 Å². The van der Waals surface area contributed by atoms with Gasteiger partial charge in [0, 0.05) is 39.3 Å². The second-order valence-electron chi connectivity index (χ2n) is 7.94. The molecule has 0 unspecified atom stereocenters. The summed E-state index contributed by atoms with van der Waals surface area (Å²) in [6.07, 6.45) is -3.17. The summed E-state index contributed by atoms with van der Waals surface area (Å²) in [5, 5.41) is 9.75. The molecule has 1 aromatic carbocycles. The molecule has 2 fully saturated rings. The number of nitrogens with zero attached hydrogens (tertiary/aromatic N) is 3. The third kappa shape index (κ3) is 5.71. The number of aliphatic hydroxyl groups excluding tert-OH is 1. The van der Waals surface area contributed by atoms with Crippen molar-refractivity contribution in [3.63, 3.8) is 0 Å². The molecule has 168 valence electrons. The molecule has 2 aliphatic heterocycles. The van der Waals surface area contributed by atoms with Gasteiger partial charge in [-0.15, -0.1) is 0 Å². The lowest BCUT2D eigenvalue weighted by molar-refractivity contribution is -0.137. The minimum atomic E-state index is -4.43. The van der Waals surface area contributed by atoms with Crippen molar-refractivity contribution in [2.45, 2.75) is 31.2 Å². The van der Waals surface area contributed by atoms with Crippen molar-refractivity contribution in [2.24, 2.45) is 0 Å². The fourth-order valence-electron chi connectivity index (χ4n) is 3.98. The lowest BCUT2D eigenvalue weighted by Gasteiger charge is -2.42. The molecular formula is C19H26F3N3O4S. The van der Waals surface area contributed by atoms with Crippen LogP contribution in [0, 0.1) is 0 Å². The van der Waals surface area contributed by atoms with Gasteiger partial charge >= 0.3 is 6.18 Å². The lowest BCUT2D eigenvalue weighted by atomic mass is 10.1. The standard InChI is InChI=1S/C19H26F3N3O4S/c1-30(28,29)24-8-9-25(16(12-24)11-23-7-6-17(26)13-23)18(27)10-14-2-4-15(5-3-14)19(20,21)22/h2-5,16-17,26H,6-13H2,1H3/t16-,17+/m1/s1. The fourth-order valence-corrected chi connectivity index (χ4v) is 4.83. The summed E-state index contributed by atoms with van der Waals surface area (Å²) < 4.78 is 63.5. The molecule has 2 heterocycles. The molecule has 0 aromatic heterocycles. The Morgan fingerprint density at radius 2 is 1.80 bits per heavy atom. The predicted octanol–water partition coefficient (Wildman–Crippen LogP) is 0.787. The Hall–Kier alpha value is -1.69. The number of aliphatic hydroxyl groups is 1. The highest BCUT2D eigenvalue weighted by atomic mass is 32.2. The molecule has 1 aromatic rings. The largest absolute Gasteiger partial charge is 0.416 e. The minimum Gasteiger partial charge on any atom is -0.392 e. The molecule has 2 saturated heterocycles. The maximum absolute atomic E-state index is 12.9. The number of β-amino-alcohol motifs (C(OH)–C–C–N with tert-alkyl or cyclic N) is 1. The second-order valence-corrected chi connectivity index (χ2v) is 9.92. The first kappa shape index (κ1) is 23.0. The van der Waals surface area contributed by atoms with Crippen molar-refractivity contribution in [1.29, 1.82) is 0 Å². The number of alkyl halides is 3. The van der Waals surface area contributed by atoms with Crippen LogP contribution in [0.3, 0.4) is 0 Å². The van der Waals surface area contributed by atoms with E-state index in [1.807, 2.05) is 4.90 Å². The van der Waals surface area contributed by atoms with E-state index in [0.717, 1.165) is 18.4 Å². The van der Waals surface area contributed by atoms with E-state index in [-0.39, 0.29) is 38.0 Å². The molecule has 2 aliphatic rings. The first-order valence-electron chi connectivity index (χ1n) is 9.74. The molecule has 30 heavy (non-hydrogen) atoms. The number of rotatable bonds is 5. The van der Waals surface area contributed by atoms with Crippen molar-refractivity contribution in [3.05, 3.63) is 35.4 Å². The average Bonchev–Trinajstić information content (AvgIpc) is 3.05. The Morgan fingerprint density at radius 1 is 1.13 bits per heavy atom. The lowest BCUT2D eigenvalue weighted by Crippen LogP contribution is -2.59. The van der Waals surface area contributed by atoms with Crippen LogP contribution in [0.15, 0.2) is 24.3 Å². The number of benzene rings is 1. The summed E-state index contributed by atoms with van der Waals surface area (Å²) in [4.78, 5) is 16.5. The Kier molecular flexibility index (Phi) is 6.75. The van der Waals surface area contributed by atoms with Crippen LogP contribution in [0.2, 0.25) is 0 Å². The summed E-state index contributed by atoms with van der Waals surface area (Å²) in [5.74, 6) is -0.257. The summed E-state index contributed by atoms with van der Waals surface area (Å²) in [7, 11) is -3.41. The monoisotopic (exact) mass is 449 g/mol. The fraction of sp³-hybridized carbons (Fsp3) is 0.632. The van der Waals surface area contributed by atoms with E-state index in [1.165, 1.54) is 16.4 Å². The number of amides is 1. The highest BCUT2D eigenvalue weighted by Crippen LogP contribution is 2.29. The van der Waals surface area contributed by atoms with Crippen molar-refractivity contribution in [2.75, 3.05) is 45.5 Å². The van der Waals surface area contributed by atoms with Gasteiger partial charge in [-0.3, -0.25) is 9.69 Å². The van der Waals surface area contributed by atoms with Gasteiger partial charge in [0.2, 0.25) is 15.9 Å². The van der Waals surface area contributed by atoms with Gasteiger partial charge in [-0.1, -0.05) is 12.1 Å². The Morgan fingerprint density at radius 3 is 2.33 bits per heavy atom. The van der Waals surface area contributed by atoms with Crippen molar-refractivity contribution < 1.29 is 31.5 Å². The Balaban J connectivity index is 1.71. The van der Waals surface area contributed by atoms with Crippen molar-refractivity contribution in [1.82, 2.24) is 14.1 Å². The zero-order valence-electron chi connectivity index (χ0n) is 16.7. The quantitative estimate of drug-likeness (QED) is 0.719. The molecule has 11 heteroatoms. The molecule has 0 spiro atoms. The number of carbonyl (C=O) groups is 1. The van der Waals surface area contributed by atoms with Crippen LogP contribution in [0.4, 0.5) is 13.2 Å². The van der Waals surface area contributed by atoms with E-state index >= 15 is 0 Å². The van der Waals surface area contributed by atoms with E-state index < -0.39 is 27.9 Å². The summed E-state index contributed by atoms with van der Waals surface area (Å²) in [6, 6.07) is 4.10. The number of sulfonamides is 1. The van der Waals surface area contributed by atoms with Gasteiger partial charge in [-0.05, 0) is 24.1 Å². The molecule has 1 amide bonds. The van der Waals surface area contributed by atoms with Gasteiger partial charge in [0.1, 0.15) is 0 Å². The molecule has 0 aliphatic carbocycles. The van der Waals surface area contributed by atoms with E-state index in [9.17, 15) is 31.5 Å². The van der Waals surface area contributed by atoms with Gasteiger partial charge in [0.25, 0.3) is 0 Å². The van der Waals surface area contributed by atoms with E-state index in [1.54, 1.807) is 4.90 Å². The number of halogens is 3. The van der Waals surface area contributed by atoms with Gasteiger partial charge in [-0.2, -0.15) is 17.5 Å². The van der Waals surface area contributed by atoms with Gasteiger partial charge in [0.15, 0.2) is 0 Å². The van der Waals surface area contributed by atoms with Crippen LogP contribution in [-0.4, -0.2) is 91.2 Å². The summed E-state index contributed by atoms with van der Waals surface area (Å²) in [6.45, 7) is 2.12. The minimum absolute atomic E-state index is 0.0594. The smallest absolute Gasteiger partial charge is 0.392 e. The normalized spacial score (nSPS) is 24.4. The third-order valence-corrected chi connectivity index (χ3v) is 6.86. The molecule has 2 atom stereocenters. The van der Waals surface area contributed by atoms with Crippen LogP contribution < -0.4 is 0 Å². The number of piperazine rings is 1. The zero-order valence-corrected chi connectivity index (χ0v) is 17.5. The van der Waals surface area contributed by atoms with Gasteiger partial charge in [0.05, 0.1) is 30.4 Å². The molecule has 3 rings (SSSR count). The molecule has 0 radical (unpaired) electrons. The van der Waals surface area contributed by atoms with Crippen LogP contribution in [0.25, 0.3) is 0 Å². The van der Waals surface area contributed by atoms with E-state index in [4.69, 9.17) is 0 Å². The summed E-state index contributed by atoms with van der Waals surface area (Å²) >= 11 is 0. The predicted molar refractivity (Wildman–Crippen MR) is 104 cm³/mol. The van der Waals surface area contributed by atoms with Crippen LogP contribution in [0.1, 0.15) is 17.5 Å². The molecular weight excluding hydrogens is 423 g/mol. The first-order valence-corrected chi connectivity index (χ1v) is 11.6. The van der Waals surface area contributed by atoms with Crippen LogP contribution in [0.5, 0.6) is 0 Å². The molecule has 7 nitrogen and oxygen atoms in total. The first-order chi connectivity index (χ1) is 13.9.